The Morgan fingerprint density at radius 2 is 1.29 bits per heavy atom. The van der Waals surface area contributed by atoms with Crippen molar-refractivity contribution < 1.29 is 5.11 Å². The third-order valence-corrected chi connectivity index (χ3v) is 5.17. The van der Waals surface area contributed by atoms with Gasteiger partial charge in [0.2, 0.25) is 0 Å². The summed E-state index contributed by atoms with van der Waals surface area (Å²) in [4.78, 5) is 3.48. The van der Waals surface area contributed by atoms with Crippen LogP contribution in [-0.2, 0) is 0 Å². The molecule has 28 heavy (non-hydrogen) atoms. The molecule has 0 saturated heterocycles. The molecule has 0 aliphatic rings. The topological polar surface area (TPSA) is 59.8 Å². The Labute approximate surface area is 162 Å². The number of rotatable bonds is 2. The molecule has 1 aromatic heterocycles. The number of benzene rings is 4. The number of para-hydroxylation sites is 1. The van der Waals surface area contributed by atoms with Crippen molar-refractivity contribution in [1.82, 2.24) is 4.98 Å². The van der Waals surface area contributed by atoms with E-state index in [1.807, 2.05) is 84.9 Å². The van der Waals surface area contributed by atoms with E-state index in [0.717, 1.165) is 38.7 Å². The predicted molar refractivity (Wildman–Crippen MR) is 113 cm³/mol. The van der Waals surface area contributed by atoms with Gasteiger partial charge >= 0.3 is 0 Å². The number of phenols is 1. The zero-order chi connectivity index (χ0) is 19.1. The summed E-state index contributed by atoms with van der Waals surface area (Å²) in [5.41, 5.74) is 5.62. The molecule has 5 aromatic rings. The first-order valence-corrected chi connectivity index (χ1v) is 9.10. The number of aromatic nitrogens is 1. The third kappa shape index (κ3) is 2.29. The van der Waals surface area contributed by atoms with Crippen LogP contribution in [0.1, 0.15) is 5.56 Å². The van der Waals surface area contributed by atoms with Gasteiger partial charge in [-0.25, -0.2) is 0 Å². The molecule has 0 aliphatic heterocycles. The first-order valence-electron chi connectivity index (χ1n) is 9.10. The van der Waals surface area contributed by atoms with Crippen LogP contribution in [-0.4, -0.2) is 10.1 Å². The van der Waals surface area contributed by atoms with Crippen molar-refractivity contribution in [1.29, 1.82) is 5.26 Å². The van der Waals surface area contributed by atoms with Crippen LogP contribution < -0.4 is 0 Å². The number of hydrogen-bond acceptors (Lipinski definition) is 2. The summed E-state index contributed by atoms with van der Waals surface area (Å²) >= 11 is 0. The molecule has 0 atom stereocenters. The third-order valence-electron chi connectivity index (χ3n) is 5.17. The van der Waals surface area contributed by atoms with E-state index in [1.54, 1.807) is 0 Å². The second-order valence-corrected chi connectivity index (χ2v) is 6.74. The summed E-state index contributed by atoms with van der Waals surface area (Å²) < 4.78 is 0. The normalized spacial score (nSPS) is 11.0. The number of H-pyrrole nitrogens is 1. The summed E-state index contributed by atoms with van der Waals surface area (Å²) in [6, 6.07) is 29.9. The number of nitrogens with zero attached hydrogens (tertiary/aromatic N) is 1. The summed E-state index contributed by atoms with van der Waals surface area (Å²) in [5, 5.41) is 22.7. The lowest BCUT2D eigenvalue weighted by atomic mass is 9.88. The standard InChI is InChI=1S/C25H16N2O/c26-15-19-21(16-9-3-1-4-10-16)22(17-11-5-2-6-12-17)24-23(25(19)28)18-13-7-8-14-20(18)27-24/h1-14,27-28H. The molecular weight excluding hydrogens is 344 g/mol. The molecular formula is C25H16N2O. The van der Waals surface area contributed by atoms with Crippen molar-refractivity contribution in [2.75, 3.05) is 0 Å². The van der Waals surface area contributed by atoms with Gasteiger partial charge in [0.15, 0.2) is 0 Å². The molecule has 3 heteroatoms. The predicted octanol–water partition coefficient (Wildman–Crippen LogP) is 6.23. The Hall–Kier alpha value is -4.03. The number of aromatic hydroxyl groups is 1. The minimum absolute atomic E-state index is 0.0217. The van der Waals surface area contributed by atoms with Gasteiger partial charge in [0, 0.05) is 22.0 Å². The number of aromatic amines is 1. The number of nitriles is 1. The van der Waals surface area contributed by atoms with Crippen LogP contribution in [0, 0.1) is 11.3 Å². The molecule has 4 aromatic carbocycles. The molecule has 0 radical (unpaired) electrons. The molecule has 0 spiro atoms. The molecule has 0 fully saturated rings. The van der Waals surface area contributed by atoms with E-state index in [0.29, 0.717) is 10.9 Å². The molecule has 2 N–H and O–H groups in total. The summed E-state index contributed by atoms with van der Waals surface area (Å²) in [6.07, 6.45) is 0. The zero-order valence-corrected chi connectivity index (χ0v) is 15.0. The van der Waals surface area contributed by atoms with Crippen molar-refractivity contribution in [2.45, 2.75) is 0 Å². The van der Waals surface area contributed by atoms with Gasteiger partial charge in [-0.3, -0.25) is 0 Å². The molecule has 0 unspecified atom stereocenters. The smallest absolute Gasteiger partial charge is 0.144 e. The number of phenolic OH excluding ortho intramolecular Hbond substituents is 1. The monoisotopic (exact) mass is 360 g/mol. The van der Waals surface area contributed by atoms with E-state index in [1.165, 1.54) is 0 Å². The van der Waals surface area contributed by atoms with Gasteiger partial charge in [0.05, 0.1) is 10.9 Å². The Balaban J connectivity index is 2.06. The SMILES string of the molecule is N#Cc1c(-c2ccccc2)c(-c2ccccc2)c2[nH]c3ccccc3c2c1O. The van der Waals surface area contributed by atoms with E-state index in [9.17, 15) is 10.4 Å². The highest BCUT2D eigenvalue weighted by atomic mass is 16.3. The first-order chi connectivity index (χ1) is 13.8. The van der Waals surface area contributed by atoms with Gasteiger partial charge in [-0.2, -0.15) is 5.26 Å². The van der Waals surface area contributed by atoms with E-state index in [-0.39, 0.29) is 5.75 Å². The summed E-state index contributed by atoms with van der Waals surface area (Å²) in [6.45, 7) is 0. The molecule has 1 heterocycles. The van der Waals surface area contributed by atoms with Crippen LogP contribution in [0.15, 0.2) is 84.9 Å². The molecule has 0 aliphatic carbocycles. The molecule has 3 nitrogen and oxygen atoms in total. The summed E-state index contributed by atoms with van der Waals surface area (Å²) in [7, 11) is 0. The summed E-state index contributed by atoms with van der Waals surface area (Å²) in [5.74, 6) is 0.0217. The lowest BCUT2D eigenvalue weighted by Crippen LogP contribution is -1.93. The molecule has 132 valence electrons. The fourth-order valence-corrected chi connectivity index (χ4v) is 3.96. The van der Waals surface area contributed by atoms with Crippen LogP contribution in [0.2, 0.25) is 0 Å². The average Bonchev–Trinajstić information content (AvgIpc) is 3.14. The Kier molecular flexibility index (Phi) is 3.63. The number of hydrogen-bond donors (Lipinski definition) is 2. The second-order valence-electron chi connectivity index (χ2n) is 6.74. The van der Waals surface area contributed by atoms with Crippen LogP contribution in [0.5, 0.6) is 5.75 Å². The highest BCUT2D eigenvalue weighted by Crippen LogP contribution is 2.47. The van der Waals surface area contributed by atoms with Crippen LogP contribution >= 0.6 is 0 Å². The van der Waals surface area contributed by atoms with Crippen molar-refractivity contribution >= 4 is 21.8 Å². The maximum atomic E-state index is 11.1. The zero-order valence-electron chi connectivity index (χ0n) is 15.0. The van der Waals surface area contributed by atoms with Crippen molar-refractivity contribution in [3.63, 3.8) is 0 Å². The second kappa shape index (κ2) is 6.29. The average molecular weight is 360 g/mol. The minimum atomic E-state index is 0.0217. The lowest BCUT2D eigenvalue weighted by Gasteiger charge is -2.16. The van der Waals surface area contributed by atoms with Gasteiger partial charge in [-0.1, -0.05) is 78.9 Å². The van der Waals surface area contributed by atoms with Crippen molar-refractivity contribution in [3.05, 3.63) is 90.5 Å². The van der Waals surface area contributed by atoms with Gasteiger partial charge in [-0.15, -0.1) is 0 Å². The fraction of sp³-hybridized carbons (Fsp3) is 0. The molecule has 0 amide bonds. The van der Waals surface area contributed by atoms with Gasteiger partial charge in [0.1, 0.15) is 17.4 Å². The first kappa shape index (κ1) is 16.2. The van der Waals surface area contributed by atoms with Crippen LogP contribution in [0.4, 0.5) is 0 Å². The van der Waals surface area contributed by atoms with Crippen LogP contribution in [0.3, 0.4) is 0 Å². The Bertz CT molecular complexity index is 1360. The maximum Gasteiger partial charge on any atom is 0.144 e. The van der Waals surface area contributed by atoms with Gasteiger partial charge in [0.25, 0.3) is 0 Å². The van der Waals surface area contributed by atoms with E-state index in [4.69, 9.17) is 0 Å². The highest BCUT2D eigenvalue weighted by molar-refractivity contribution is 6.19. The van der Waals surface area contributed by atoms with Gasteiger partial charge in [-0.05, 0) is 17.2 Å². The number of nitrogens with one attached hydrogen (secondary N) is 1. The highest BCUT2D eigenvalue weighted by Gasteiger charge is 2.24. The Morgan fingerprint density at radius 1 is 0.714 bits per heavy atom. The number of fused-ring (bicyclic) bond motifs is 3. The molecule has 5 rings (SSSR count). The largest absolute Gasteiger partial charge is 0.506 e. The fourth-order valence-electron chi connectivity index (χ4n) is 3.96. The van der Waals surface area contributed by atoms with E-state index >= 15 is 0 Å². The lowest BCUT2D eigenvalue weighted by molar-refractivity contribution is 0.480. The Morgan fingerprint density at radius 3 is 1.93 bits per heavy atom. The minimum Gasteiger partial charge on any atom is -0.506 e. The van der Waals surface area contributed by atoms with E-state index < -0.39 is 0 Å². The van der Waals surface area contributed by atoms with E-state index in [2.05, 4.69) is 11.1 Å². The maximum absolute atomic E-state index is 11.1. The molecule has 0 saturated carbocycles. The van der Waals surface area contributed by atoms with Crippen LogP contribution in [0.25, 0.3) is 44.1 Å². The van der Waals surface area contributed by atoms with Crippen molar-refractivity contribution in [2.24, 2.45) is 0 Å². The quantitative estimate of drug-likeness (QED) is 0.392. The van der Waals surface area contributed by atoms with Gasteiger partial charge < -0.3 is 10.1 Å². The molecule has 0 bridgehead atoms. The van der Waals surface area contributed by atoms with Crippen molar-refractivity contribution in [3.8, 4) is 34.1 Å².